The molecule has 2 heteroatoms. The van der Waals surface area contributed by atoms with Gasteiger partial charge in [-0.1, -0.05) is 66.7 Å². The lowest BCUT2D eigenvalue weighted by atomic mass is 9.97. The summed E-state index contributed by atoms with van der Waals surface area (Å²) in [7, 11) is 0. The number of fused-ring (bicyclic) bond motifs is 1. The Kier molecular flexibility index (Phi) is 5.55. The van der Waals surface area contributed by atoms with E-state index >= 15 is 0 Å². The summed E-state index contributed by atoms with van der Waals surface area (Å²) in [6, 6.07) is 28.3. The summed E-state index contributed by atoms with van der Waals surface area (Å²) in [5.74, 6) is 0.933. The number of rotatable bonds is 6. The summed E-state index contributed by atoms with van der Waals surface area (Å²) in [6.45, 7) is 5.17. The second kappa shape index (κ2) is 8.41. The van der Waals surface area contributed by atoms with Gasteiger partial charge in [0.25, 0.3) is 0 Å². The molecule has 3 aromatic carbocycles. The van der Waals surface area contributed by atoms with E-state index in [1.807, 2.05) is 18.2 Å². The molecule has 1 unspecified atom stereocenters. The van der Waals surface area contributed by atoms with Gasteiger partial charge in [-0.2, -0.15) is 0 Å². The number of nitrogens with zero attached hydrogens (tertiary/aromatic N) is 1. The zero-order valence-electron chi connectivity index (χ0n) is 16.0. The predicted molar refractivity (Wildman–Crippen MR) is 111 cm³/mol. The molecule has 0 fully saturated rings. The van der Waals surface area contributed by atoms with Crippen molar-refractivity contribution >= 4 is 0 Å². The molecule has 4 rings (SSSR count). The van der Waals surface area contributed by atoms with Crippen LogP contribution in [0.5, 0.6) is 5.75 Å². The van der Waals surface area contributed by atoms with E-state index in [0.717, 1.165) is 31.7 Å². The summed E-state index contributed by atoms with van der Waals surface area (Å²) in [5, 5.41) is 0. The molecule has 0 saturated carbocycles. The van der Waals surface area contributed by atoms with Crippen LogP contribution in [0, 0.1) is 0 Å². The van der Waals surface area contributed by atoms with E-state index in [2.05, 4.69) is 72.5 Å². The van der Waals surface area contributed by atoms with E-state index in [-0.39, 0.29) is 0 Å². The smallest absolute Gasteiger partial charge is 0.119 e. The van der Waals surface area contributed by atoms with Crippen molar-refractivity contribution in [1.82, 2.24) is 4.90 Å². The van der Waals surface area contributed by atoms with E-state index in [1.54, 1.807) is 0 Å². The summed E-state index contributed by atoms with van der Waals surface area (Å²) < 4.78 is 5.90. The topological polar surface area (TPSA) is 12.5 Å². The molecule has 1 heterocycles. The molecule has 0 radical (unpaired) electrons. The van der Waals surface area contributed by atoms with E-state index in [0.29, 0.717) is 12.6 Å². The summed E-state index contributed by atoms with van der Waals surface area (Å²) >= 11 is 0. The first kappa shape index (κ1) is 17.8. The van der Waals surface area contributed by atoms with E-state index in [4.69, 9.17) is 4.74 Å². The Balaban J connectivity index is 1.32. The summed E-state index contributed by atoms with van der Waals surface area (Å²) in [6.07, 6.45) is 2.23. The largest absolute Gasteiger partial charge is 0.489 e. The van der Waals surface area contributed by atoms with Crippen LogP contribution in [-0.2, 0) is 26.0 Å². The highest BCUT2D eigenvalue weighted by Gasteiger charge is 2.20. The highest BCUT2D eigenvalue weighted by atomic mass is 16.5. The van der Waals surface area contributed by atoms with Crippen LogP contribution in [0.2, 0.25) is 0 Å². The van der Waals surface area contributed by atoms with Crippen LogP contribution in [0.3, 0.4) is 0 Å². The third-order valence-corrected chi connectivity index (χ3v) is 5.49. The van der Waals surface area contributed by atoms with Crippen LogP contribution in [-0.4, -0.2) is 17.5 Å². The first-order valence-corrected chi connectivity index (χ1v) is 9.84. The minimum Gasteiger partial charge on any atom is -0.489 e. The van der Waals surface area contributed by atoms with Crippen molar-refractivity contribution in [1.29, 1.82) is 0 Å². The van der Waals surface area contributed by atoms with Gasteiger partial charge in [0.05, 0.1) is 0 Å². The van der Waals surface area contributed by atoms with Crippen molar-refractivity contribution < 1.29 is 4.74 Å². The number of hydrogen-bond acceptors (Lipinski definition) is 2. The molecule has 1 atom stereocenters. The molecule has 1 aliphatic heterocycles. The van der Waals surface area contributed by atoms with Gasteiger partial charge < -0.3 is 4.74 Å². The quantitative estimate of drug-likeness (QED) is 0.597. The Bertz CT molecular complexity index is 857. The molecule has 0 aromatic heterocycles. The van der Waals surface area contributed by atoms with E-state index in [9.17, 15) is 0 Å². The first-order chi connectivity index (χ1) is 13.3. The molecule has 27 heavy (non-hydrogen) atoms. The van der Waals surface area contributed by atoms with Crippen molar-refractivity contribution in [3.8, 4) is 5.75 Å². The van der Waals surface area contributed by atoms with Gasteiger partial charge in [-0.25, -0.2) is 0 Å². The maximum Gasteiger partial charge on any atom is 0.119 e. The zero-order valence-corrected chi connectivity index (χ0v) is 16.0. The minimum absolute atomic E-state index is 0.537. The Morgan fingerprint density at radius 1 is 0.815 bits per heavy atom. The van der Waals surface area contributed by atoms with Gasteiger partial charge in [-0.3, -0.25) is 4.90 Å². The van der Waals surface area contributed by atoms with E-state index < -0.39 is 0 Å². The van der Waals surface area contributed by atoms with Crippen LogP contribution >= 0.6 is 0 Å². The van der Waals surface area contributed by atoms with Crippen LogP contribution < -0.4 is 4.74 Å². The molecule has 138 valence electrons. The maximum absolute atomic E-state index is 5.90. The fourth-order valence-electron chi connectivity index (χ4n) is 3.83. The SMILES string of the molecule is CC(Cc1ccc(OCc2ccccc2)cc1)N1CCc2ccccc2C1. The summed E-state index contributed by atoms with van der Waals surface area (Å²) in [5.41, 5.74) is 5.56. The molecule has 1 aliphatic rings. The molecule has 0 bridgehead atoms. The van der Waals surface area contributed by atoms with Crippen molar-refractivity contribution in [2.45, 2.75) is 39.0 Å². The maximum atomic E-state index is 5.90. The van der Waals surface area contributed by atoms with Crippen molar-refractivity contribution in [3.05, 3.63) is 101 Å². The van der Waals surface area contributed by atoms with E-state index in [1.165, 1.54) is 22.3 Å². The number of benzene rings is 3. The number of ether oxygens (including phenoxy) is 1. The Hall–Kier alpha value is -2.58. The molecular formula is C25H27NO. The standard InChI is InChI=1S/C25H27NO/c1-20(26-16-15-23-9-5-6-10-24(23)18-26)17-21-11-13-25(14-12-21)27-19-22-7-3-2-4-8-22/h2-14,20H,15-19H2,1H3. The zero-order chi connectivity index (χ0) is 18.5. The molecule has 0 spiro atoms. The molecule has 0 aliphatic carbocycles. The monoisotopic (exact) mass is 357 g/mol. The highest BCUT2D eigenvalue weighted by molar-refractivity contribution is 5.30. The van der Waals surface area contributed by atoms with Gasteiger partial charge in [-0.05, 0) is 54.2 Å². The fraction of sp³-hybridized carbons (Fsp3) is 0.280. The Labute approximate surface area is 162 Å². The van der Waals surface area contributed by atoms with Gasteiger partial charge in [0.1, 0.15) is 12.4 Å². The molecule has 0 N–H and O–H groups in total. The van der Waals surface area contributed by atoms with Gasteiger partial charge in [0, 0.05) is 19.1 Å². The van der Waals surface area contributed by atoms with Crippen molar-refractivity contribution in [2.75, 3.05) is 6.54 Å². The highest BCUT2D eigenvalue weighted by Crippen LogP contribution is 2.22. The van der Waals surface area contributed by atoms with Crippen LogP contribution in [0.25, 0.3) is 0 Å². The molecule has 2 nitrogen and oxygen atoms in total. The van der Waals surface area contributed by atoms with Gasteiger partial charge in [0.2, 0.25) is 0 Å². The lowest BCUT2D eigenvalue weighted by Gasteiger charge is -2.33. The minimum atomic E-state index is 0.537. The summed E-state index contributed by atoms with van der Waals surface area (Å²) in [4.78, 5) is 2.60. The van der Waals surface area contributed by atoms with Gasteiger partial charge >= 0.3 is 0 Å². The molecule has 3 aromatic rings. The van der Waals surface area contributed by atoms with Gasteiger partial charge in [0.15, 0.2) is 0 Å². The average molecular weight is 357 g/mol. The fourth-order valence-corrected chi connectivity index (χ4v) is 3.83. The predicted octanol–water partition coefficient (Wildman–Crippen LogP) is 5.25. The third kappa shape index (κ3) is 4.58. The average Bonchev–Trinajstić information content (AvgIpc) is 2.73. The van der Waals surface area contributed by atoms with Crippen LogP contribution in [0.1, 0.15) is 29.2 Å². The van der Waals surface area contributed by atoms with Gasteiger partial charge in [-0.15, -0.1) is 0 Å². The Morgan fingerprint density at radius 2 is 1.52 bits per heavy atom. The second-order valence-corrected chi connectivity index (χ2v) is 7.46. The lowest BCUT2D eigenvalue weighted by molar-refractivity contribution is 0.189. The lowest BCUT2D eigenvalue weighted by Crippen LogP contribution is -2.38. The van der Waals surface area contributed by atoms with Crippen LogP contribution in [0.15, 0.2) is 78.9 Å². The van der Waals surface area contributed by atoms with Crippen LogP contribution in [0.4, 0.5) is 0 Å². The Morgan fingerprint density at radius 3 is 2.30 bits per heavy atom. The van der Waals surface area contributed by atoms with Crippen molar-refractivity contribution in [3.63, 3.8) is 0 Å². The third-order valence-electron chi connectivity index (χ3n) is 5.49. The van der Waals surface area contributed by atoms with Crippen molar-refractivity contribution in [2.24, 2.45) is 0 Å². The molecular weight excluding hydrogens is 330 g/mol. The normalized spacial score (nSPS) is 15.1. The molecule has 0 amide bonds. The first-order valence-electron chi connectivity index (χ1n) is 9.84. The number of hydrogen-bond donors (Lipinski definition) is 0. The molecule has 0 saturated heterocycles. The second-order valence-electron chi connectivity index (χ2n) is 7.46.